The predicted octanol–water partition coefficient (Wildman–Crippen LogP) is 1.79. The summed E-state index contributed by atoms with van der Waals surface area (Å²) >= 11 is 0. The van der Waals surface area contributed by atoms with E-state index < -0.39 is 0 Å². The average molecular weight is 275 g/mol. The van der Waals surface area contributed by atoms with E-state index >= 15 is 0 Å². The monoisotopic (exact) mass is 275 g/mol. The van der Waals surface area contributed by atoms with Crippen molar-refractivity contribution in [3.05, 3.63) is 36.0 Å². The van der Waals surface area contributed by atoms with Crippen LogP contribution in [-0.4, -0.2) is 33.4 Å². The lowest BCUT2D eigenvalue weighted by atomic mass is 10.1. The summed E-state index contributed by atoms with van der Waals surface area (Å²) in [5.41, 5.74) is 1.99. The summed E-state index contributed by atoms with van der Waals surface area (Å²) < 4.78 is 7.19. The van der Waals surface area contributed by atoms with Crippen LogP contribution in [0.4, 0.5) is 0 Å². The Bertz CT molecular complexity index is 540. The molecule has 0 spiro atoms. The molecule has 2 heterocycles. The van der Waals surface area contributed by atoms with Gasteiger partial charge in [0.1, 0.15) is 6.33 Å². The van der Waals surface area contributed by atoms with Gasteiger partial charge in [0, 0.05) is 18.8 Å². The van der Waals surface area contributed by atoms with Gasteiger partial charge in [0.05, 0.1) is 24.5 Å². The number of hydrogen-bond donors (Lipinski definition) is 1. The van der Waals surface area contributed by atoms with Crippen LogP contribution in [0.25, 0.3) is 0 Å². The third kappa shape index (κ3) is 3.14. The highest BCUT2D eigenvalue weighted by atomic mass is 16.5. The minimum Gasteiger partial charge on any atom is -0.481 e. The minimum absolute atomic E-state index is 0.00838. The van der Waals surface area contributed by atoms with Crippen LogP contribution in [0, 0.1) is 0 Å². The van der Waals surface area contributed by atoms with Gasteiger partial charge in [0.2, 0.25) is 5.88 Å². The first-order chi connectivity index (χ1) is 9.80. The zero-order chi connectivity index (χ0) is 14.4. The molecule has 6 nitrogen and oxygen atoms in total. The smallest absolute Gasteiger partial charge is 0.216 e. The van der Waals surface area contributed by atoms with Crippen molar-refractivity contribution in [1.82, 2.24) is 25.1 Å². The van der Waals surface area contributed by atoms with Crippen molar-refractivity contribution < 1.29 is 4.74 Å². The zero-order valence-electron chi connectivity index (χ0n) is 12.2. The van der Waals surface area contributed by atoms with E-state index in [1.54, 1.807) is 7.11 Å². The van der Waals surface area contributed by atoms with Gasteiger partial charge in [-0.15, -0.1) is 0 Å². The standard InChI is InChI=1S/C14H21N5O/c1-4-8-19-12(6-7-18-19)14(15-5-2)11-9-13(20-3)17-10-16-11/h6-7,9-10,14-15H,4-5,8H2,1-3H3. The largest absolute Gasteiger partial charge is 0.481 e. The number of hydrogen-bond acceptors (Lipinski definition) is 5. The highest BCUT2D eigenvalue weighted by Gasteiger charge is 2.19. The molecule has 0 aromatic carbocycles. The second-order valence-electron chi connectivity index (χ2n) is 4.46. The van der Waals surface area contributed by atoms with Gasteiger partial charge in [0.15, 0.2) is 0 Å². The van der Waals surface area contributed by atoms with Crippen LogP contribution in [0.5, 0.6) is 5.88 Å². The fraction of sp³-hybridized carbons (Fsp3) is 0.500. The van der Waals surface area contributed by atoms with Crippen LogP contribution in [0.1, 0.15) is 37.7 Å². The van der Waals surface area contributed by atoms with Crippen molar-refractivity contribution in [1.29, 1.82) is 0 Å². The average Bonchev–Trinajstić information content (AvgIpc) is 2.93. The van der Waals surface area contributed by atoms with Gasteiger partial charge in [-0.25, -0.2) is 9.97 Å². The van der Waals surface area contributed by atoms with E-state index in [2.05, 4.69) is 34.2 Å². The van der Waals surface area contributed by atoms with E-state index in [9.17, 15) is 0 Å². The molecular weight excluding hydrogens is 254 g/mol. The lowest BCUT2D eigenvalue weighted by molar-refractivity contribution is 0.394. The van der Waals surface area contributed by atoms with E-state index in [0.717, 1.165) is 30.9 Å². The number of aryl methyl sites for hydroxylation is 1. The molecule has 0 saturated carbocycles. The molecule has 0 saturated heterocycles. The maximum atomic E-state index is 5.18. The molecule has 108 valence electrons. The lowest BCUT2D eigenvalue weighted by Crippen LogP contribution is -2.26. The molecule has 2 rings (SSSR count). The molecule has 6 heteroatoms. The van der Waals surface area contributed by atoms with E-state index in [0.29, 0.717) is 5.88 Å². The highest BCUT2D eigenvalue weighted by Crippen LogP contribution is 2.22. The van der Waals surface area contributed by atoms with Crippen LogP contribution in [0.2, 0.25) is 0 Å². The Morgan fingerprint density at radius 1 is 1.35 bits per heavy atom. The Kier molecular flexibility index (Phi) is 5.06. The van der Waals surface area contributed by atoms with Crippen molar-refractivity contribution in [2.75, 3.05) is 13.7 Å². The van der Waals surface area contributed by atoms with Crippen LogP contribution in [0.3, 0.4) is 0 Å². The molecule has 1 N–H and O–H groups in total. The first-order valence-corrected chi connectivity index (χ1v) is 6.91. The number of methoxy groups -OCH3 is 1. The molecular formula is C14H21N5O. The maximum absolute atomic E-state index is 5.18. The minimum atomic E-state index is -0.00838. The Hall–Kier alpha value is -1.95. The third-order valence-corrected chi connectivity index (χ3v) is 3.06. The fourth-order valence-electron chi connectivity index (χ4n) is 2.17. The second-order valence-corrected chi connectivity index (χ2v) is 4.46. The van der Waals surface area contributed by atoms with Crippen molar-refractivity contribution in [2.24, 2.45) is 0 Å². The quantitative estimate of drug-likeness (QED) is 0.834. The molecule has 1 atom stereocenters. The first-order valence-electron chi connectivity index (χ1n) is 6.91. The summed E-state index contributed by atoms with van der Waals surface area (Å²) in [4.78, 5) is 8.43. The summed E-state index contributed by atoms with van der Waals surface area (Å²) in [6, 6.07) is 3.87. The summed E-state index contributed by atoms with van der Waals surface area (Å²) in [6.45, 7) is 5.95. The topological polar surface area (TPSA) is 64.9 Å². The SMILES string of the molecule is CCCn1nccc1C(NCC)c1cc(OC)ncn1. The number of ether oxygens (including phenoxy) is 1. The van der Waals surface area contributed by atoms with Crippen molar-refractivity contribution in [2.45, 2.75) is 32.9 Å². The Morgan fingerprint density at radius 2 is 2.20 bits per heavy atom. The van der Waals surface area contributed by atoms with Crippen molar-refractivity contribution in [3.8, 4) is 5.88 Å². The molecule has 0 aliphatic heterocycles. The van der Waals surface area contributed by atoms with Crippen LogP contribution < -0.4 is 10.1 Å². The Morgan fingerprint density at radius 3 is 2.90 bits per heavy atom. The van der Waals surface area contributed by atoms with E-state index in [1.165, 1.54) is 6.33 Å². The van der Waals surface area contributed by atoms with Crippen LogP contribution >= 0.6 is 0 Å². The van der Waals surface area contributed by atoms with E-state index in [4.69, 9.17) is 4.74 Å². The van der Waals surface area contributed by atoms with E-state index in [-0.39, 0.29) is 6.04 Å². The molecule has 0 fully saturated rings. The number of aromatic nitrogens is 4. The molecule has 2 aromatic rings. The molecule has 1 unspecified atom stereocenters. The van der Waals surface area contributed by atoms with Gasteiger partial charge >= 0.3 is 0 Å². The lowest BCUT2D eigenvalue weighted by Gasteiger charge is -2.19. The summed E-state index contributed by atoms with van der Waals surface area (Å²) in [5, 5.41) is 7.82. The van der Waals surface area contributed by atoms with Gasteiger partial charge < -0.3 is 10.1 Å². The number of nitrogens with zero attached hydrogens (tertiary/aromatic N) is 4. The van der Waals surface area contributed by atoms with Crippen molar-refractivity contribution in [3.63, 3.8) is 0 Å². The highest BCUT2D eigenvalue weighted by molar-refractivity contribution is 5.24. The third-order valence-electron chi connectivity index (χ3n) is 3.06. The van der Waals surface area contributed by atoms with E-state index in [1.807, 2.05) is 23.0 Å². The molecule has 0 aliphatic rings. The number of rotatable bonds is 7. The molecule has 2 aromatic heterocycles. The normalized spacial score (nSPS) is 12.3. The van der Waals surface area contributed by atoms with Gasteiger partial charge in [-0.1, -0.05) is 13.8 Å². The van der Waals surface area contributed by atoms with Gasteiger partial charge in [-0.05, 0) is 19.0 Å². The molecule has 0 amide bonds. The maximum Gasteiger partial charge on any atom is 0.216 e. The molecule has 0 bridgehead atoms. The molecule has 0 aliphatic carbocycles. The fourth-order valence-corrected chi connectivity index (χ4v) is 2.17. The molecule has 20 heavy (non-hydrogen) atoms. The zero-order valence-corrected chi connectivity index (χ0v) is 12.2. The van der Waals surface area contributed by atoms with Gasteiger partial charge in [0.25, 0.3) is 0 Å². The Labute approximate surface area is 119 Å². The predicted molar refractivity (Wildman–Crippen MR) is 76.6 cm³/mol. The summed E-state index contributed by atoms with van der Waals surface area (Å²) in [7, 11) is 1.61. The van der Waals surface area contributed by atoms with Crippen LogP contribution in [0.15, 0.2) is 24.7 Å². The summed E-state index contributed by atoms with van der Waals surface area (Å²) in [6.07, 6.45) is 4.40. The van der Waals surface area contributed by atoms with Gasteiger partial charge in [-0.3, -0.25) is 4.68 Å². The summed E-state index contributed by atoms with van der Waals surface area (Å²) in [5.74, 6) is 0.569. The van der Waals surface area contributed by atoms with Crippen molar-refractivity contribution >= 4 is 0 Å². The first kappa shape index (κ1) is 14.5. The van der Waals surface area contributed by atoms with Crippen LogP contribution in [-0.2, 0) is 6.54 Å². The Balaban J connectivity index is 2.36. The number of nitrogens with one attached hydrogen (secondary N) is 1. The second kappa shape index (κ2) is 7.00. The molecule has 0 radical (unpaired) electrons. The van der Waals surface area contributed by atoms with Gasteiger partial charge in [-0.2, -0.15) is 5.10 Å².